The van der Waals surface area contributed by atoms with Crippen LogP contribution in [0.4, 0.5) is 5.69 Å². The Labute approximate surface area is 172 Å². The highest BCUT2D eigenvalue weighted by Crippen LogP contribution is 2.35. The number of carbonyl (C=O) groups is 2. The van der Waals surface area contributed by atoms with E-state index in [1.807, 2.05) is 18.2 Å². The molecule has 28 heavy (non-hydrogen) atoms. The molecule has 0 radical (unpaired) electrons. The largest absolute Gasteiger partial charge is 0.504 e. The van der Waals surface area contributed by atoms with E-state index in [2.05, 4.69) is 5.32 Å². The van der Waals surface area contributed by atoms with Crippen LogP contribution in [-0.4, -0.2) is 39.3 Å². The van der Waals surface area contributed by atoms with Crippen molar-refractivity contribution in [3.8, 4) is 11.5 Å². The fourth-order valence-corrected chi connectivity index (χ4v) is 4.05. The number of methoxy groups -OCH3 is 1. The standard InChI is InChI=1S/C20H18N2O4S2/c1-12(18(24)21-14-6-4-3-5-7-14)22-19(25)17(28-20(22)27)11-13-8-9-15(23)16(10-13)26-2/h3-12,23H,1-2H3,(H,21,24)/b17-11-. The van der Waals surface area contributed by atoms with Crippen molar-refractivity contribution in [1.29, 1.82) is 0 Å². The number of para-hydroxylation sites is 1. The lowest BCUT2D eigenvalue weighted by Crippen LogP contribution is -2.44. The normalized spacial score (nSPS) is 16.4. The van der Waals surface area contributed by atoms with E-state index in [1.54, 1.807) is 37.3 Å². The van der Waals surface area contributed by atoms with Crippen LogP contribution in [0.2, 0.25) is 0 Å². The molecule has 2 N–H and O–H groups in total. The third-order valence-electron chi connectivity index (χ3n) is 4.13. The number of thioether (sulfide) groups is 1. The zero-order valence-electron chi connectivity index (χ0n) is 15.2. The summed E-state index contributed by atoms with van der Waals surface area (Å²) in [7, 11) is 1.45. The Morgan fingerprint density at radius 2 is 2.00 bits per heavy atom. The summed E-state index contributed by atoms with van der Waals surface area (Å²) in [4.78, 5) is 27.1. The van der Waals surface area contributed by atoms with Gasteiger partial charge in [0.2, 0.25) is 5.91 Å². The Hall–Kier alpha value is -2.84. The molecule has 0 saturated carbocycles. The number of carbonyl (C=O) groups excluding carboxylic acids is 2. The lowest BCUT2D eigenvalue weighted by molar-refractivity contribution is -0.129. The number of amides is 2. The first-order chi connectivity index (χ1) is 13.4. The first kappa shape index (κ1) is 19.9. The quantitative estimate of drug-likeness (QED) is 0.575. The van der Waals surface area contributed by atoms with E-state index < -0.39 is 6.04 Å². The minimum absolute atomic E-state index is 0.0124. The number of hydrogen-bond donors (Lipinski definition) is 2. The van der Waals surface area contributed by atoms with Gasteiger partial charge < -0.3 is 15.2 Å². The monoisotopic (exact) mass is 414 g/mol. The minimum atomic E-state index is -0.757. The molecule has 1 unspecified atom stereocenters. The number of nitrogens with one attached hydrogen (secondary N) is 1. The number of nitrogens with zero attached hydrogens (tertiary/aromatic N) is 1. The van der Waals surface area contributed by atoms with Crippen LogP contribution in [-0.2, 0) is 9.59 Å². The molecule has 1 aliphatic rings. The van der Waals surface area contributed by atoms with Crippen LogP contribution in [0.5, 0.6) is 11.5 Å². The van der Waals surface area contributed by atoms with E-state index in [4.69, 9.17) is 17.0 Å². The van der Waals surface area contributed by atoms with Crippen molar-refractivity contribution in [3.05, 3.63) is 59.0 Å². The van der Waals surface area contributed by atoms with E-state index >= 15 is 0 Å². The average Bonchev–Trinajstić information content (AvgIpc) is 2.96. The molecule has 0 aliphatic carbocycles. The Morgan fingerprint density at radius 1 is 1.29 bits per heavy atom. The SMILES string of the molecule is COc1cc(/C=C2\SC(=S)N(C(C)C(=O)Nc3ccccc3)C2=O)ccc1O. The molecular formula is C20H18N2O4S2. The smallest absolute Gasteiger partial charge is 0.266 e. The second-order valence-corrected chi connectivity index (χ2v) is 7.69. The van der Waals surface area contributed by atoms with Gasteiger partial charge in [-0.25, -0.2) is 0 Å². The molecule has 1 atom stereocenters. The van der Waals surface area contributed by atoms with Crippen molar-refractivity contribution in [2.24, 2.45) is 0 Å². The van der Waals surface area contributed by atoms with Crippen LogP contribution in [0.25, 0.3) is 6.08 Å². The second-order valence-electron chi connectivity index (χ2n) is 6.01. The van der Waals surface area contributed by atoms with Gasteiger partial charge in [0.15, 0.2) is 11.5 Å². The van der Waals surface area contributed by atoms with Crippen LogP contribution in [0, 0.1) is 0 Å². The molecule has 1 heterocycles. The second kappa shape index (κ2) is 8.45. The third kappa shape index (κ3) is 4.18. The van der Waals surface area contributed by atoms with Crippen LogP contribution < -0.4 is 10.1 Å². The number of phenolic OH excluding ortho intramolecular Hbond substituents is 1. The molecule has 3 rings (SSSR count). The summed E-state index contributed by atoms with van der Waals surface area (Å²) in [6, 6.07) is 13.0. The van der Waals surface area contributed by atoms with Gasteiger partial charge in [-0.3, -0.25) is 14.5 Å². The molecule has 1 saturated heterocycles. The van der Waals surface area contributed by atoms with Gasteiger partial charge in [0.1, 0.15) is 10.4 Å². The van der Waals surface area contributed by atoms with Crippen molar-refractivity contribution in [2.45, 2.75) is 13.0 Å². The van der Waals surface area contributed by atoms with E-state index in [0.717, 1.165) is 11.8 Å². The minimum Gasteiger partial charge on any atom is -0.504 e. The topological polar surface area (TPSA) is 78.9 Å². The number of thiocarbonyl (C=S) groups is 1. The molecule has 1 aliphatic heterocycles. The number of ether oxygens (including phenoxy) is 1. The molecule has 8 heteroatoms. The maximum Gasteiger partial charge on any atom is 0.266 e. The average molecular weight is 415 g/mol. The summed E-state index contributed by atoms with van der Waals surface area (Å²) < 4.78 is 5.40. The van der Waals surface area contributed by atoms with Crippen molar-refractivity contribution < 1.29 is 19.4 Å². The van der Waals surface area contributed by atoms with Crippen molar-refractivity contribution >= 4 is 51.9 Å². The molecule has 2 amide bonds. The fraction of sp³-hybridized carbons (Fsp3) is 0.150. The van der Waals surface area contributed by atoms with Gasteiger partial charge in [0.25, 0.3) is 5.91 Å². The maximum absolute atomic E-state index is 12.8. The molecule has 0 aromatic heterocycles. The van der Waals surface area contributed by atoms with Gasteiger partial charge >= 0.3 is 0 Å². The first-order valence-corrected chi connectivity index (χ1v) is 9.63. The molecule has 2 aromatic carbocycles. The predicted molar refractivity (Wildman–Crippen MR) is 114 cm³/mol. The molecule has 0 spiro atoms. The van der Waals surface area contributed by atoms with Gasteiger partial charge in [-0.05, 0) is 42.8 Å². The summed E-state index contributed by atoms with van der Waals surface area (Å²) >= 11 is 6.45. The van der Waals surface area contributed by atoms with E-state index in [9.17, 15) is 14.7 Å². The summed E-state index contributed by atoms with van der Waals surface area (Å²) in [6.07, 6.45) is 1.66. The van der Waals surface area contributed by atoms with Crippen molar-refractivity contribution in [1.82, 2.24) is 4.90 Å². The van der Waals surface area contributed by atoms with Crippen LogP contribution in [0.3, 0.4) is 0 Å². The maximum atomic E-state index is 12.8. The summed E-state index contributed by atoms with van der Waals surface area (Å²) in [5.74, 6) is -0.342. The molecule has 144 valence electrons. The van der Waals surface area contributed by atoms with Gasteiger partial charge in [0.05, 0.1) is 12.0 Å². The highest BCUT2D eigenvalue weighted by atomic mass is 32.2. The Balaban J connectivity index is 1.78. The van der Waals surface area contributed by atoms with Crippen molar-refractivity contribution in [2.75, 3.05) is 12.4 Å². The van der Waals surface area contributed by atoms with Crippen LogP contribution >= 0.6 is 24.0 Å². The number of phenols is 1. The fourth-order valence-electron chi connectivity index (χ4n) is 2.63. The Morgan fingerprint density at radius 3 is 2.68 bits per heavy atom. The molecule has 0 bridgehead atoms. The predicted octanol–water partition coefficient (Wildman–Crippen LogP) is 3.63. The highest BCUT2D eigenvalue weighted by Gasteiger charge is 2.38. The van der Waals surface area contributed by atoms with E-state index in [0.29, 0.717) is 26.2 Å². The third-order valence-corrected chi connectivity index (χ3v) is 5.46. The lowest BCUT2D eigenvalue weighted by atomic mass is 10.1. The molecule has 2 aromatic rings. The molecule has 6 nitrogen and oxygen atoms in total. The van der Waals surface area contributed by atoms with Crippen molar-refractivity contribution in [3.63, 3.8) is 0 Å². The molecular weight excluding hydrogens is 396 g/mol. The van der Waals surface area contributed by atoms with Gasteiger partial charge in [-0.2, -0.15) is 0 Å². The number of anilines is 1. The zero-order valence-corrected chi connectivity index (χ0v) is 16.8. The number of hydrogen-bond acceptors (Lipinski definition) is 6. The number of rotatable bonds is 5. The van der Waals surface area contributed by atoms with Gasteiger partial charge in [-0.1, -0.05) is 48.2 Å². The van der Waals surface area contributed by atoms with E-state index in [1.165, 1.54) is 18.1 Å². The Kier molecular flexibility index (Phi) is 6.01. The summed E-state index contributed by atoms with van der Waals surface area (Å²) in [6.45, 7) is 1.63. The highest BCUT2D eigenvalue weighted by molar-refractivity contribution is 8.26. The molecule has 1 fully saturated rings. The number of aromatic hydroxyl groups is 1. The van der Waals surface area contributed by atoms with E-state index in [-0.39, 0.29) is 17.6 Å². The van der Waals surface area contributed by atoms with Gasteiger partial charge in [-0.15, -0.1) is 0 Å². The van der Waals surface area contributed by atoms with Gasteiger partial charge in [0, 0.05) is 5.69 Å². The van der Waals surface area contributed by atoms with Crippen LogP contribution in [0.15, 0.2) is 53.4 Å². The summed E-state index contributed by atoms with van der Waals surface area (Å²) in [5, 5.41) is 12.5. The number of benzene rings is 2. The zero-order chi connectivity index (χ0) is 20.3. The lowest BCUT2D eigenvalue weighted by Gasteiger charge is -2.22. The first-order valence-electron chi connectivity index (χ1n) is 8.40. The van der Waals surface area contributed by atoms with Crippen LogP contribution in [0.1, 0.15) is 12.5 Å². The Bertz CT molecular complexity index is 960. The summed E-state index contributed by atoms with van der Waals surface area (Å²) in [5.41, 5.74) is 1.33.